The number of rotatable bonds is 7. The molecule has 8 heteroatoms. The van der Waals surface area contributed by atoms with Crippen LogP contribution in [0.3, 0.4) is 0 Å². The molecule has 3 rings (SSSR count). The van der Waals surface area contributed by atoms with Crippen LogP contribution in [-0.4, -0.2) is 25.1 Å². The third-order valence-corrected chi connectivity index (χ3v) is 7.11. The minimum Gasteiger partial charge on any atom is -0.302 e. The zero-order chi connectivity index (χ0) is 20.1. The van der Waals surface area contributed by atoms with E-state index in [-0.39, 0.29) is 23.0 Å². The molecule has 0 bridgehead atoms. The van der Waals surface area contributed by atoms with E-state index in [1.807, 2.05) is 31.2 Å². The number of amides is 1. The number of thiazole rings is 1. The van der Waals surface area contributed by atoms with Crippen molar-refractivity contribution < 1.29 is 13.2 Å². The fourth-order valence-corrected chi connectivity index (χ4v) is 4.84. The number of nitrogens with zero attached hydrogens (tertiary/aromatic N) is 1. The molecular formula is C20H19ClN2O3S2. The molecule has 1 amide bonds. The Morgan fingerprint density at radius 3 is 2.57 bits per heavy atom. The molecule has 0 aliphatic rings. The highest BCUT2D eigenvalue weighted by atomic mass is 35.5. The number of aromatic nitrogens is 1. The van der Waals surface area contributed by atoms with Crippen LogP contribution in [-0.2, 0) is 21.1 Å². The first-order valence-corrected chi connectivity index (χ1v) is 11.5. The summed E-state index contributed by atoms with van der Waals surface area (Å²) in [6, 6.07) is 14.2. The first kappa shape index (κ1) is 20.5. The number of nitrogens with one attached hydrogen (secondary N) is 1. The second-order valence-electron chi connectivity index (χ2n) is 6.33. The van der Waals surface area contributed by atoms with Gasteiger partial charge in [0, 0.05) is 28.9 Å². The first-order valence-electron chi connectivity index (χ1n) is 8.61. The maximum atomic E-state index is 12.3. The molecule has 0 fully saturated rings. The Kier molecular flexibility index (Phi) is 6.49. The zero-order valence-electron chi connectivity index (χ0n) is 15.2. The van der Waals surface area contributed by atoms with Crippen LogP contribution < -0.4 is 5.32 Å². The van der Waals surface area contributed by atoms with Crippen molar-refractivity contribution in [3.05, 3.63) is 75.8 Å². The Labute approximate surface area is 173 Å². The van der Waals surface area contributed by atoms with E-state index < -0.39 is 9.84 Å². The van der Waals surface area contributed by atoms with Crippen molar-refractivity contribution in [1.82, 2.24) is 4.98 Å². The third kappa shape index (κ3) is 5.41. The van der Waals surface area contributed by atoms with Gasteiger partial charge in [0.1, 0.15) is 0 Å². The maximum Gasteiger partial charge on any atom is 0.227 e. The first-order chi connectivity index (χ1) is 13.3. The van der Waals surface area contributed by atoms with Crippen LogP contribution in [0.15, 0.2) is 59.6 Å². The van der Waals surface area contributed by atoms with Gasteiger partial charge in [-0.3, -0.25) is 4.79 Å². The smallest absolute Gasteiger partial charge is 0.227 e. The number of aryl methyl sites for hydroxylation is 1. The SMILES string of the molecule is Cc1ccc(S(=O)(=O)CCC(=O)Nc2ncc(Cc3ccccc3Cl)s2)cc1. The molecule has 0 spiro atoms. The third-order valence-electron chi connectivity index (χ3n) is 4.10. The Morgan fingerprint density at radius 1 is 1.14 bits per heavy atom. The number of sulfone groups is 1. The number of benzene rings is 2. The van der Waals surface area contributed by atoms with Crippen LogP contribution in [0.5, 0.6) is 0 Å². The second kappa shape index (κ2) is 8.86. The predicted octanol–water partition coefficient (Wildman–Crippen LogP) is 4.50. The van der Waals surface area contributed by atoms with E-state index in [4.69, 9.17) is 11.6 Å². The standard InChI is InChI=1S/C20H19ClN2O3S2/c1-14-6-8-17(9-7-14)28(25,26)11-10-19(24)23-20-22-13-16(27-20)12-15-4-2-3-5-18(15)21/h2-9,13H,10-12H2,1H3,(H,22,23,24). The molecule has 0 unspecified atom stereocenters. The molecule has 2 aromatic carbocycles. The van der Waals surface area contributed by atoms with Crippen LogP contribution in [0.2, 0.25) is 5.02 Å². The molecule has 1 heterocycles. The fourth-order valence-electron chi connectivity index (χ4n) is 2.55. The van der Waals surface area contributed by atoms with Gasteiger partial charge in [0.05, 0.1) is 10.6 Å². The van der Waals surface area contributed by atoms with E-state index in [2.05, 4.69) is 10.3 Å². The summed E-state index contributed by atoms with van der Waals surface area (Å²) < 4.78 is 24.7. The number of halogens is 1. The zero-order valence-corrected chi connectivity index (χ0v) is 17.6. The van der Waals surface area contributed by atoms with Crippen molar-refractivity contribution in [3.63, 3.8) is 0 Å². The average molecular weight is 435 g/mol. The van der Waals surface area contributed by atoms with Crippen LogP contribution >= 0.6 is 22.9 Å². The lowest BCUT2D eigenvalue weighted by Gasteiger charge is -2.05. The lowest BCUT2D eigenvalue weighted by Crippen LogP contribution is -2.17. The van der Waals surface area contributed by atoms with Crippen molar-refractivity contribution in [3.8, 4) is 0 Å². The largest absolute Gasteiger partial charge is 0.302 e. The quantitative estimate of drug-likeness (QED) is 0.594. The summed E-state index contributed by atoms with van der Waals surface area (Å²) in [6.07, 6.45) is 2.18. The Hall–Kier alpha value is -2.22. The monoisotopic (exact) mass is 434 g/mol. The lowest BCUT2D eigenvalue weighted by atomic mass is 10.1. The highest BCUT2D eigenvalue weighted by molar-refractivity contribution is 7.91. The van der Waals surface area contributed by atoms with Crippen LogP contribution in [0, 0.1) is 6.92 Å². The Bertz CT molecular complexity index is 1080. The van der Waals surface area contributed by atoms with E-state index >= 15 is 0 Å². The molecule has 0 saturated heterocycles. The summed E-state index contributed by atoms with van der Waals surface area (Å²) in [4.78, 5) is 17.5. The molecule has 0 saturated carbocycles. The molecule has 1 N–H and O–H groups in total. The predicted molar refractivity (Wildman–Crippen MR) is 113 cm³/mol. The van der Waals surface area contributed by atoms with Crippen LogP contribution in [0.1, 0.15) is 22.4 Å². The highest BCUT2D eigenvalue weighted by Gasteiger charge is 2.17. The summed E-state index contributed by atoms with van der Waals surface area (Å²) in [5.74, 6) is -0.630. The number of hydrogen-bond donors (Lipinski definition) is 1. The summed E-state index contributed by atoms with van der Waals surface area (Å²) in [5.41, 5.74) is 1.96. The number of anilines is 1. The highest BCUT2D eigenvalue weighted by Crippen LogP contribution is 2.24. The normalized spacial score (nSPS) is 11.4. The van der Waals surface area contributed by atoms with Crippen molar-refractivity contribution in [2.24, 2.45) is 0 Å². The summed E-state index contributed by atoms with van der Waals surface area (Å²) in [6.45, 7) is 1.89. The molecule has 0 radical (unpaired) electrons. The van der Waals surface area contributed by atoms with Gasteiger partial charge in [0.15, 0.2) is 15.0 Å². The molecule has 5 nitrogen and oxygen atoms in total. The van der Waals surface area contributed by atoms with E-state index in [0.29, 0.717) is 16.6 Å². The molecular weight excluding hydrogens is 416 g/mol. The fraction of sp³-hybridized carbons (Fsp3) is 0.200. The topological polar surface area (TPSA) is 76.1 Å². The molecule has 3 aromatic rings. The van der Waals surface area contributed by atoms with Crippen molar-refractivity contribution >= 4 is 43.8 Å². The van der Waals surface area contributed by atoms with Crippen molar-refractivity contribution in [2.45, 2.75) is 24.7 Å². The molecule has 0 aliphatic carbocycles. The van der Waals surface area contributed by atoms with Gasteiger partial charge in [-0.2, -0.15) is 0 Å². The molecule has 1 aromatic heterocycles. The summed E-state index contributed by atoms with van der Waals surface area (Å²) in [5, 5.41) is 3.79. The van der Waals surface area contributed by atoms with E-state index in [1.165, 1.54) is 11.3 Å². The van der Waals surface area contributed by atoms with Crippen LogP contribution in [0.4, 0.5) is 5.13 Å². The van der Waals surface area contributed by atoms with Gasteiger partial charge in [-0.25, -0.2) is 13.4 Å². The van der Waals surface area contributed by atoms with Crippen molar-refractivity contribution in [2.75, 3.05) is 11.1 Å². The van der Waals surface area contributed by atoms with Gasteiger partial charge >= 0.3 is 0 Å². The summed E-state index contributed by atoms with van der Waals surface area (Å²) >= 11 is 7.51. The second-order valence-corrected chi connectivity index (χ2v) is 9.96. The van der Waals surface area contributed by atoms with Crippen LogP contribution in [0.25, 0.3) is 0 Å². The van der Waals surface area contributed by atoms with Gasteiger partial charge in [-0.15, -0.1) is 11.3 Å². The molecule has 146 valence electrons. The maximum absolute atomic E-state index is 12.3. The van der Waals surface area contributed by atoms with Gasteiger partial charge in [0.25, 0.3) is 0 Å². The molecule has 28 heavy (non-hydrogen) atoms. The van der Waals surface area contributed by atoms with E-state index in [1.54, 1.807) is 30.5 Å². The summed E-state index contributed by atoms with van der Waals surface area (Å²) in [7, 11) is -3.50. The van der Waals surface area contributed by atoms with E-state index in [9.17, 15) is 13.2 Å². The lowest BCUT2D eigenvalue weighted by molar-refractivity contribution is -0.115. The minimum absolute atomic E-state index is 0.129. The van der Waals surface area contributed by atoms with Gasteiger partial charge in [-0.1, -0.05) is 47.5 Å². The van der Waals surface area contributed by atoms with Gasteiger partial charge in [-0.05, 0) is 30.7 Å². The minimum atomic E-state index is -3.50. The number of carbonyl (C=O) groups excluding carboxylic acids is 1. The Balaban J connectivity index is 1.56. The van der Waals surface area contributed by atoms with Gasteiger partial charge < -0.3 is 5.32 Å². The van der Waals surface area contributed by atoms with E-state index in [0.717, 1.165) is 16.0 Å². The molecule has 0 aliphatic heterocycles. The Morgan fingerprint density at radius 2 is 1.86 bits per heavy atom. The number of hydrogen-bond acceptors (Lipinski definition) is 5. The number of carbonyl (C=O) groups is 1. The average Bonchev–Trinajstić information content (AvgIpc) is 3.09. The van der Waals surface area contributed by atoms with Crippen molar-refractivity contribution in [1.29, 1.82) is 0 Å². The van der Waals surface area contributed by atoms with Gasteiger partial charge in [0.2, 0.25) is 5.91 Å². The molecule has 0 atom stereocenters.